The van der Waals surface area contributed by atoms with Crippen LogP contribution in [-0.4, -0.2) is 107 Å². The van der Waals surface area contributed by atoms with Crippen molar-refractivity contribution in [3.8, 4) is 0 Å². The van der Waals surface area contributed by atoms with E-state index < -0.39 is 95.3 Å². The third-order valence-corrected chi connectivity index (χ3v) is 7.84. The summed E-state index contributed by atoms with van der Waals surface area (Å²) in [5.41, 5.74) is 3.82. The molecule has 19 nitrogen and oxygen atoms in total. The summed E-state index contributed by atoms with van der Waals surface area (Å²) in [7, 11) is -11.0. The van der Waals surface area contributed by atoms with Gasteiger partial charge in [-0.1, -0.05) is 0 Å². The Morgan fingerprint density at radius 2 is 1.64 bits per heavy atom. The summed E-state index contributed by atoms with van der Waals surface area (Å²) in [5, 5.41) is 49.0. The minimum Gasteiger partial charge on any atom is -0.394 e. The summed E-state index contributed by atoms with van der Waals surface area (Å²) >= 11 is 0. The highest BCUT2D eigenvalue weighted by Gasteiger charge is 2.49. The van der Waals surface area contributed by atoms with Crippen LogP contribution in [0, 0.1) is 0 Å². The van der Waals surface area contributed by atoms with E-state index >= 15 is 0 Å². The third-order valence-electron chi connectivity index (χ3n) is 5.24. The largest absolute Gasteiger partial charge is 0.483 e. The Morgan fingerprint density at radius 3 is 2.25 bits per heavy atom. The van der Waals surface area contributed by atoms with E-state index in [-0.39, 0.29) is 0 Å². The number of aromatic nitrogens is 2. The topological polar surface area (TPSA) is 303 Å². The van der Waals surface area contributed by atoms with Crippen molar-refractivity contribution in [1.82, 2.24) is 9.55 Å². The number of rotatable bonds is 9. The Kier molecular flexibility index (Phi) is 9.05. The maximum absolute atomic E-state index is 12.2. The van der Waals surface area contributed by atoms with E-state index in [9.17, 15) is 48.9 Å². The Morgan fingerprint density at radius 1 is 1.00 bits per heavy atom. The van der Waals surface area contributed by atoms with Gasteiger partial charge in [0.25, 0.3) is 5.56 Å². The van der Waals surface area contributed by atoms with Gasteiger partial charge in [0.2, 0.25) is 0 Å². The highest BCUT2D eigenvalue weighted by atomic mass is 31.3. The first-order chi connectivity index (χ1) is 16.7. The second-order valence-corrected chi connectivity index (χ2v) is 10.8. The van der Waals surface area contributed by atoms with Gasteiger partial charge >= 0.3 is 21.3 Å². The molecular formula is C15H25N3O16P2. The number of nitrogens with zero attached hydrogens (tertiary/aromatic N) is 1. The number of nitrogens with one attached hydrogen (secondary N) is 1. The molecule has 2 aliphatic heterocycles. The summed E-state index contributed by atoms with van der Waals surface area (Å²) in [6.45, 7) is -1.84. The van der Waals surface area contributed by atoms with Crippen LogP contribution in [0.5, 0.6) is 0 Å². The van der Waals surface area contributed by atoms with Crippen molar-refractivity contribution >= 4 is 15.6 Å². The maximum Gasteiger partial charge on any atom is 0.483 e. The Balaban J connectivity index is 1.61. The first kappa shape index (κ1) is 29.2. The van der Waals surface area contributed by atoms with Crippen molar-refractivity contribution in [2.45, 2.75) is 55.2 Å². The van der Waals surface area contributed by atoms with Gasteiger partial charge in [0.05, 0.1) is 19.3 Å². The average molecular weight is 565 g/mol. The molecule has 0 aromatic carbocycles. The van der Waals surface area contributed by atoms with E-state index in [1.807, 2.05) is 4.98 Å². The molecule has 10 N–H and O–H groups in total. The molecule has 0 aliphatic carbocycles. The van der Waals surface area contributed by atoms with E-state index in [2.05, 4.69) is 13.4 Å². The second kappa shape index (κ2) is 11.2. The molecule has 9 unspecified atom stereocenters. The van der Waals surface area contributed by atoms with Crippen molar-refractivity contribution in [2.24, 2.45) is 5.73 Å². The van der Waals surface area contributed by atoms with Crippen LogP contribution in [0.4, 0.5) is 0 Å². The number of hydrogen-bond donors (Lipinski definition) is 9. The summed E-state index contributed by atoms with van der Waals surface area (Å²) in [5.74, 6) is 0. The molecule has 3 heterocycles. The predicted molar refractivity (Wildman–Crippen MR) is 111 cm³/mol. The lowest BCUT2D eigenvalue weighted by molar-refractivity contribution is -0.242. The van der Waals surface area contributed by atoms with Crippen LogP contribution in [-0.2, 0) is 32.0 Å². The van der Waals surface area contributed by atoms with Crippen molar-refractivity contribution < 1.29 is 67.3 Å². The molecule has 1 aromatic rings. The van der Waals surface area contributed by atoms with Crippen molar-refractivity contribution in [3.63, 3.8) is 0 Å². The Labute approximate surface area is 200 Å². The maximum atomic E-state index is 12.2. The van der Waals surface area contributed by atoms with Crippen LogP contribution >= 0.6 is 15.6 Å². The SMILES string of the molecule is NC1C(OP(=O)(O)OP(=O)(O)OCC2OC(n3ccc(=O)[nH]c3=O)[C@H](O)[C@@H]2O)OC(CO)C(O)C1O. The molecule has 2 aliphatic rings. The second-order valence-electron chi connectivity index (χ2n) is 7.77. The molecule has 3 rings (SSSR count). The van der Waals surface area contributed by atoms with Crippen LogP contribution < -0.4 is 17.0 Å². The van der Waals surface area contributed by atoms with Gasteiger partial charge in [0, 0.05) is 12.3 Å². The quantitative estimate of drug-likeness (QED) is 0.127. The summed E-state index contributed by atoms with van der Waals surface area (Å²) in [6.07, 6.45) is -12.5. The molecule has 1 aromatic heterocycles. The van der Waals surface area contributed by atoms with Crippen LogP contribution in [0.2, 0.25) is 0 Å². The fourth-order valence-electron chi connectivity index (χ4n) is 3.39. The molecule has 2 saturated heterocycles. The molecule has 2 fully saturated rings. The zero-order valence-electron chi connectivity index (χ0n) is 18.0. The van der Waals surface area contributed by atoms with E-state index in [4.69, 9.17) is 20.3 Å². The van der Waals surface area contributed by atoms with Crippen LogP contribution in [0.3, 0.4) is 0 Å². The molecule has 206 valence electrons. The summed E-state index contributed by atoms with van der Waals surface area (Å²) in [4.78, 5) is 44.6. The van der Waals surface area contributed by atoms with Gasteiger partial charge in [-0.3, -0.25) is 23.4 Å². The first-order valence-corrected chi connectivity index (χ1v) is 13.1. The average Bonchev–Trinajstić information content (AvgIpc) is 3.06. The number of hydrogen-bond acceptors (Lipinski definition) is 15. The van der Waals surface area contributed by atoms with Crippen molar-refractivity contribution in [2.75, 3.05) is 13.2 Å². The zero-order valence-corrected chi connectivity index (χ0v) is 19.8. The minimum absolute atomic E-state index is 0.735. The van der Waals surface area contributed by atoms with Gasteiger partial charge in [-0.2, -0.15) is 4.31 Å². The van der Waals surface area contributed by atoms with Crippen LogP contribution in [0.25, 0.3) is 0 Å². The smallest absolute Gasteiger partial charge is 0.394 e. The minimum atomic E-state index is -5.51. The highest BCUT2D eigenvalue weighted by Crippen LogP contribution is 2.61. The lowest BCUT2D eigenvalue weighted by atomic mass is 9.98. The molecular weight excluding hydrogens is 540 g/mol. The Hall–Kier alpha value is -1.38. The zero-order chi connectivity index (χ0) is 27.0. The molecule has 0 amide bonds. The van der Waals surface area contributed by atoms with E-state index in [1.54, 1.807) is 0 Å². The van der Waals surface area contributed by atoms with Gasteiger partial charge in [-0.15, -0.1) is 0 Å². The normalized spacial score (nSPS) is 38.4. The number of ether oxygens (including phenoxy) is 2. The number of phosphoric ester groups is 2. The number of nitrogens with two attached hydrogens (primary N) is 1. The number of aromatic amines is 1. The molecule has 36 heavy (non-hydrogen) atoms. The van der Waals surface area contributed by atoms with Crippen LogP contribution in [0.15, 0.2) is 21.9 Å². The number of aliphatic hydroxyl groups is 5. The van der Waals surface area contributed by atoms with Gasteiger partial charge in [0.1, 0.15) is 36.6 Å². The predicted octanol–water partition coefficient (Wildman–Crippen LogP) is -4.83. The number of phosphoric acid groups is 2. The molecule has 0 bridgehead atoms. The lowest BCUT2D eigenvalue weighted by Crippen LogP contribution is -2.62. The third kappa shape index (κ3) is 6.54. The lowest BCUT2D eigenvalue weighted by Gasteiger charge is -2.40. The molecule has 21 heteroatoms. The number of aliphatic hydroxyl groups excluding tert-OH is 5. The van der Waals surface area contributed by atoms with Crippen molar-refractivity contribution in [3.05, 3.63) is 33.1 Å². The van der Waals surface area contributed by atoms with E-state index in [0.29, 0.717) is 0 Å². The van der Waals surface area contributed by atoms with Crippen molar-refractivity contribution in [1.29, 1.82) is 0 Å². The fraction of sp³-hybridized carbons (Fsp3) is 0.733. The number of H-pyrrole nitrogens is 1. The molecule has 0 spiro atoms. The highest BCUT2D eigenvalue weighted by molar-refractivity contribution is 7.61. The van der Waals surface area contributed by atoms with E-state index in [0.717, 1.165) is 16.8 Å². The first-order valence-electron chi connectivity index (χ1n) is 10.1. The van der Waals surface area contributed by atoms with Gasteiger partial charge < -0.3 is 50.5 Å². The van der Waals surface area contributed by atoms with Crippen LogP contribution in [0.1, 0.15) is 6.23 Å². The molecule has 11 atom stereocenters. The summed E-state index contributed by atoms with van der Waals surface area (Å²) in [6, 6.07) is -0.699. The van der Waals surface area contributed by atoms with E-state index in [1.165, 1.54) is 0 Å². The van der Waals surface area contributed by atoms with Gasteiger partial charge in [0.15, 0.2) is 12.5 Å². The summed E-state index contributed by atoms with van der Waals surface area (Å²) < 4.78 is 48.5. The molecule has 0 saturated carbocycles. The van der Waals surface area contributed by atoms with Gasteiger partial charge in [-0.05, 0) is 0 Å². The standard InChI is InChI=1S/C15H25N3O16P2/c16-8-11(23)9(21)5(3-19)32-14(8)33-36(28,29)34-35(26,27)30-4-6-10(22)12(24)13(31-6)18-2-1-7(20)17-15(18)25/h1-2,5-6,8-14,19,21-24H,3-4,16H2,(H,26,27)(H,28,29)(H,17,20,25)/t5?,6?,8?,9?,10-,11?,12-,13?,14?/m1/s1. The van der Waals surface area contributed by atoms with Gasteiger partial charge in [-0.25, -0.2) is 13.9 Å². The fourth-order valence-corrected chi connectivity index (χ4v) is 5.57. The monoisotopic (exact) mass is 565 g/mol. The Bertz CT molecular complexity index is 1130. The molecule has 0 radical (unpaired) electrons.